The van der Waals surface area contributed by atoms with Crippen molar-refractivity contribution in [1.82, 2.24) is 9.29 Å². The van der Waals surface area contributed by atoms with Crippen LogP contribution in [0.5, 0.6) is 0 Å². The normalized spacial score (nSPS) is 17.4. The van der Waals surface area contributed by atoms with Crippen molar-refractivity contribution >= 4 is 20.9 Å². The largest absolute Gasteiger partial charge is 0.317 e. The first-order valence-electron chi connectivity index (χ1n) is 7.67. The Hall–Kier alpha value is -1.33. The van der Waals surface area contributed by atoms with E-state index in [1.165, 1.54) is 9.54 Å². The number of hydrogen-bond donors (Lipinski definition) is 1. The fraction of sp³-hybridized carbons (Fsp3) is 0.500. The highest BCUT2D eigenvalue weighted by atomic mass is 32.2. The number of nitrogens with zero attached hydrogens (tertiary/aromatic N) is 1. The molecule has 5 heteroatoms. The van der Waals surface area contributed by atoms with Crippen LogP contribution in [0, 0.1) is 0 Å². The zero-order valence-corrected chi connectivity index (χ0v) is 13.2. The number of nitrogens with one attached hydrogen (secondary N) is 1. The van der Waals surface area contributed by atoms with Gasteiger partial charge in [0.15, 0.2) is 0 Å². The Labute approximate surface area is 126 Å². The summed E-state index contributed by atoms with van der Waals surface area (Å²) >= 11 is 0. The third-order valence-corrected chi connectivity index (χ3v) is 6.08. The molecule has 1 aromatic heterocycles. The van der Waals surface area contributed by atoms with Crippen molar-refractivity contribution < 1.29 is 8.42 Å². The second-order valence-electron chi connectivity index (χ2n) is 5.74. The second-order valence-corrected chi connectivity index (χ2v) is 7.70. The molecule has 0 saturated carbocycles. The van der Waals surface area contributed by atoms with Crippen LogP contribution in [0.25, 0.3) is 10.9 Å². The fourth-order valence-electron chi connectivity index (χ4n) is 3.22. The van der Waals surface area contributed by atoms with Gasteiger partial charge < -0.3 is 5.32 Å². The standard InChI is InChI=1S/C16H22N2O2S/c1-2-11-21(19,20)18-12-15(13-7-9-17-10-8-13)14-5-3-4-6-16(14)18/h3-6,12-13,17H,2,7-11H2,1H3. The van der Waals surface area contributed by atoms with Gasteiger partial charge in [-0.3, -0.25) is 0 Å². The number of benzene rings is 1. The summed E-state index contributed by atoms with van der Waals surface area (Å²) in [6, 6.07) is 7.86. The molecule has 0 spiro atoms. The summed E-state index contributed by atoms with van der Waals surface area (Å²) in [4.78, 5) is 0. The maximum absolute atomic E-state index is 12.5. The van der Waals surface area contributed by atoms with Gasteiger partial charge in [0.2, 0.25) is 10.0 Å². The lowest BCUT2D eigenvalue weighted by Gasteiger charge is -2.22. The Balaban J connectivity index is 2.14. The summed E-state index contributed by atoms with van der Waals surface area (Å²) in [5, 5.41) is 4.45. The van der Waals surface area contributed by atoms with E-state index in [1.54, 1.807) is 0 Å². The average Bonchev–Trinajstić information content (AvgIpc) is 2.88. The van der Waals surface area contributed by atoms with E-state index in [9.17, 15) is 8.42 Å². The first-order valence-corrected chi connectivity index (χ1v) is 9.28. The molecule has 1 saturated heterocycles. The molecule has 3 rings (SSSR count). The molecule has 1 aromatic carbocycles. The molecule has 0 atom stereocenters. The van der Waals surface area contributed by atoms with E-state index in [0.717, 1.165) is 36.8 Å². The molecule has 2 aromatic rings. The molecule has 1 aliphatic rings. The minimum absolute atomic E-state index is 0.192. The number of piperidine rings is 1. The van der Waals surface area contributed by atoms with E-state index in [1.807, 2.05) is 37.4 Å². The summed E-state index contributed by atoms with van der Waals surface area (Å²) in [6.45, 7) is 3.91. The van der Waals surface area contributed by atoms with Gasteiger partial charge in [-0.15, -0.1) is 0 Å². The molecule has 0 bridgehead atoms. The van der Waals surface area contributed by atoms with E-state index < -0.39 is 10.0 Å². The van der Waals surface area contributed by atoms with E-state index in [4.69, 9.17) is 0 Å². The van der Waals surface area contributed by atoms with Crippen molar-refractivity contribution in [2.75, 3.05) is 18.8 Å². The van der Waals surface area contributed by atoms with Crippen LogP contribution in [0.2, 0.25) is 0 Å². The molecule has 114 valence electrons. The predicted octanol–water partition coefficient (Wildman–Crippen LogP) is 2.70. The van der Waals surface area contributed by atoms with Crippen molar-refractivity contribution in [2.45, 2.75) is 32.1 Å². The Morgan fingerprint density at radius 2 is 1.95 bits per heavy atom. The highest BCUT2D eigenvalue weighted by Gasteiger charge is 2.23. The quantitative estimate of drug-likeness (QED) is 0.945. The third kappa shape index (κ3) is 2.72. The fourth-order valence-corrected chi connectivity index (χ4v) is 4.67. The maximum atomic E-state index is 12.5. The average molecular weight is 306 g/mol. The van der Waals surface area contributed by atoms with E-state index in [0.29, 0.717) is 12.3 Å². The molecular weight excluding hydrogens is 284 g/mol. The van der Waals surface area contributed by atoms with Crippen LogP contribution in [0.3, 0.4) is 0 Å². The molecule has 1 aliphatic heterocycles. The van der Waals surface area contributed by atoms with Crippen LogP contribution < -0.4 is 5.32 Å². The third-order valence-electron chi connectivity index (χ3n) is 4.25. The molecule has 2 heterocycles. The van der Waals surface area contributed by atoms with Crippen molar-refractivity contribution in [3.63, 3.8) is 0 Å². The first-order chi connectivity index (χ1) is 10.1. The highest BCUT2D eigenvalue weighted by Crippen LogP contribution is 2.33. The highest BCUT2D eigenvalue weighted by molar-refractivity contribution is 7.90. The molecule has 0 radical (unpaired) electrons. The topological polar surface area (TPSA) is 51.1 Å². The minimum atomic E-state index is -3.25. The van der Waals surface area contributed by atoms with Gasteiger partial charge in [-0.2, -0.15) is 0 Å². The molecule has 4 nitrogen and oxygen atoms in total. The molecule has 0 aliphatic carbocycles. The van der Waals surface area contributed by atoms with Gasteiger partial charge in [-0.25, -0.2) is 12.4 Å². The number of aromatic nitrogens is 1. The summed E-state index contributed by atoms with van der Waals surface area (Å²) in [7, 11) is -3.25. The zero-order chi connectivity index (χ0) is 14.9. The monoisotopic (exact) mass is 306 g/mol. The lowest BCUT2D eigenvalue weighted by atomic mass is 9.90. The SMILES string of the molecule is CCCS(=O)(=O)n1cc(C2CCNCC2)c2ccccc21. The molecular formula is C16H22N2O2S. The number of rotatable bonds is 4. The smallest absolute Gasteiger partial charge is 0.238 e. The minimum Gasteiger partial charge on any atom is -0.317 e. The maximum Gasteiger partial charge on any atom is 0.238 e. The van der Waals surface area contributed by atoms with Gasteiger partial charge in [0.05, 0.1) is 11.3 Å². The van der Waals surface area contributed by atoms with Gasteiger partial charge in [-0.05, 0) is 49.9 Å². The summed E-state index contributed by atoms with van der Waals surface area (Å²) in [5.41, 5.74) is 2.01. The number of para-hydroxylation sites is 1. The van der Waals surface area contributed by atoms with Crippen molar-refractivity contribution in [1.29, 1.82) is 0 Å². The van der Waals surface area contributed by atoms with Crippen LogP contribution in [0.1, 0.15) is 37.7 Å². The Morgan fingerprint density at radius 3 is 2.67 bits per heavy atom. The van der Waals surface area contributed by atoms with Gasteiger partial charge >= 0.3 is 0 Å². The Bertz CT molecular complexity index is 728. The Kier molecular flexibility index (Phi) is 4.04. The van der Waals surface area contributed by atoms with Crippen molar-refractivity contribution in [3.8, 4) is 0 Å². The van der Waals surface area contributed by atoms with Crippen molar-refractivity contribution in [2.24, 2.45) is 0 Å². The van der Waals surface area contributed by atoms with Gasteiger partial charge in [0.1, 0.15) is 0 Å². The van der Waals surface area contributed by atoms with Crippen LogP contribution >= 0.6 is 0 Å². The van der Waals surface area contributed by atoms with E-state index in [-0.39, 0.29) is 5.75 Å². The van der Waals surface area contributed by atoms with Crippen LogP contribution in [-0.2, 0) is 10.0 Å². The summed E-state index contributed by atoms with van der Waals surface area (Å²) in [6.07, 6.45) is 4.65. The molecule has 1 fully saturated rings. The van der Waals surface area contributed by atoms with Crippen molar-refractivity contribution in [3.05, 3.63) is 36.0 Å². The number of hydrogen-bond acceptors (Lipinski definition) is 3. The number of fused-ring (bicyclic) bond motifs is 1. The van der Waals surface area contributed by atoms with Crippen LogP contribution in [0.15, 0.2) is 30.5 Å². The molecule has 0 unspecified atom stereocenters. The van der Waals surface area contributed by atoms with E-state index in [2.05, 4.69) is 5.32 Å². The lowest BCUT2D eigenvalue weighted by Crippen LogP contribution is -2.26. The molecule has 1 N–H and O–H groups in total. The predicted molar refractivity (Wildman–Crippen MR) is 86.3 cm³/mol. The molecule has 21 heavy (non-hydrogen) atoms. The van der Waals surface area contributed by atoms with Gasteiger partial charge in [-0.1, -0.05) is 25.1 Å². The lowest BCUT2D eigenvalue weighted by molar-refractivity contribution is 0.462. The Morgan fingerprint density at radius 1 is 1.24 bits per heavy atom. The zero-order valence-electron chi connectivity index (χ0n) is 12.4. The summed E-state index contributed by atoms with van der Waals surface area (Å²) in [5.74, 6) is 0.645. The van der Waals surface area contributed by atoms with E-state index >= 15 is 0 Å². The van der Waals surface area contributed by atoms with Crippen LogP contribution in [-0.4, -0.2) is 31.2 Å². The summed E-state index contributed by atoms with van der Waals surface area (Å²) < 4.78 is 26.5. The van der Waals surface area contributed by atoms with Crippen LogP contribution in [0.4, 0.5) is 0 Å². The van der Waals surface area contributed by atoms with Gasteiger partial charge in [0.25, 0.3) is 0 Å². The second kappa shape index (κ2) is 5.81. The van der Waals surface area contributed by atoms with Gasteiger partial charge in [0, 0.05) is 11.6 Å². The molecule has 0 amide bonds. The first kappa shape index (κ1) is 14.6.